The van der Waals surface area contributed by atoms with Crippen molar-refractivity contribution in [1.29, 1.82) is 0 Å². The number of rotatable bonds is 3. The van der Waals surface area contributed by atoms with Crippen LogP contribution in [0, 0.1) is 19.7 Å². The molecule has 2 N–H and O–H groups in total. The molecule has 0 aliphatic heterocycles. The van der Waals surface area contributed by atoms with E-state index in [4.69, 9.17) is 10.5 Å². The number of hydrogen-bond acceptors (Lipinski definition) is 2. The molecule has 19 heavy (non-hydrogen) atoms. The number of methoxy groups -OCH3 is 1. The molecule has 0 radical (unpaired) electrons. The van der Waals surface area contributed by atoms with Crippen molar-refractivity contribution in [2.24, 2.45) is 5.73 Å². The standard InChI is InChI=1S/C16H18FNO/c1-10-9-13(19-3)5-6-14(10)16(18)12-4-7-15(17)11(2)8-12/h4-9,16H,18H2,1-3H3. The summed E-state index contributed by atoms with van der Waals surface area (Å²) in [6.45, 7) is 3.74. The van der Waals surface area contributed by atoms with E-state index in [0.717, 1.165) is 22.4 Å². The molecule has 0 fully saturated rings. The van der Waals surface area contributed by atoms with Gasteiger partial charge in [0.05, 0.1) is 13.2 Å². The van der Waals surface area contributed by atoms with E-state index in [1.165, 1.54) is 6.07 Å². The highest BCUT2D eigenvalue weighted by molar-refractivity contribution is 5.41. The Morgan fingerprint density at radius 3 is 2.37 bits per heavy atom. The van der Waals surface area contributed by atoms with Crippen LogP contribution in [0.2, 0.25) is 0 Å². The van der Waals surface area contributed by atoms with Gasteiger partial charge in [-0.15, -0.1) is 0 Å². The Hall–Kier alpha value is -1.87. The fourth-order valence-electron chi connectivity index (χ4n) is 2.17. The maximum Gasteiger partial charge on any atom is 0.126 e. The van der Waals surface area contributed by atoms with Crippen molar-refractivity contribution in [3.05, 3.63) is 64.5 Å². The molecule has 2 aromatic rings. The summed E-state index contributed by atoms with van der Waals surface area (Å²) in [4.78, 5) is 0. The zero-order valence-electron chi connectivity index (χ0n) is 11.4. The highest BCUT2D eigenvalue weighted by Crippen LogP contribution is 2.26. The van der Waals surface area contributed by atoms with Gasteiger partial charge in [0.2, 0.25) is 0 Å². The van der Waals surface area contributed by atoms with Crippen LogP contribution >= 0.6 is 0 Å². The second-order valence-corrected chi connectivity index (χ2v) is 4.71. The molecule has 0 aliphatic rings. The Labute approximate surface area is 113 Å². The molecule has 0 bridgehead atoms. The number of halogens is 1. The topological polar surface area (TPSA) is 35.2 Å². The maximum atomic E-state index is 13.3. The van der Waals surface area contributed by atoms with Crippen LogP contribution in [0.3, 0.4) is 0 Å². The Kier molecular flexibility index (Phi) is 3.86. The first-order valence-electron chi connectivity index (χ1n) is 6.19. The molecule has 0 aromatic heterocycles. The summed E-state index contributed by atoms with van der Waals surface area (Å²) in [5.74, 6) is 0.603. The fourth-order valence-corrected chi connectivity index (χ4v) is 2.17. The van der Waals surface area contributed by atoms with Gasteiger partial charge in [-0.2, -0.15) is 0 Å². The van der Waals surface area contributed by atoms with E-state index in [-0.39, 0.29) is 11.9 Å². The van der Waals surface area contributed by atoms with E-state index in [2.05, 4.69) is 0 Å². The van der Waals surface area contributed by atoms with Crippen LogP contribution in [0.5, 0.6) is 5.75 Å². The van der Waals surface area contributed by atoms with Gasteiger partial charge in [0.25, 0.3) is 0 Å². The second-order valence-electron chi connectivity index (χ2n) is 4.71. The van der Waals surface area contributed by atoms with Crippen molar-refractivity contribution < 1.29 is 9.13 Å². The van der Waals surface area contributed by atoms with Gasteiger partial charge >= 0.3 is 0 Å². The third-order valence-electron chi connectivity index (χ3n) is 3.35. The summed E-state index contributed by atoms with van der Waals surface area (Å²) in [6, 6.07) is 10.5. The van der Waals surface area contributed by atoms with Gasteiger partial charge in [-0.25, -0.2) is 4.39 Å². The van der Waals surface area contributed by atoms with Crippen molar-refractivity contribution >= 4 is 0 Å². The molecule has 0 heterocycles. The number of hydrogen-bond donors (Lipinski definition) is 1. The van der Waals surface area contributed by atoms with Crippen molar-refractivity contribution in [2.75, 3.05) is 7.11 Å². The Bertz CT molecular complexity index is 595. The van der Waals surface area contributed by atoms with E-state index < -0.39 is 0 Å². The van der Waals surface area contributed by atoms with Gasteiger partial charge in [0.15, 0.2) is 0 Å². The zero-order chi connectivity index (χ0) is 14.0. The molecule has 0 saturated carbocycles. The van der Waals surface area contributed by atoms with Crippen LogP contribution in [0.1, 0.15) is 28.3 Å². The van der Waals surface area contributed by atoms with E-state index in [1.54, 1.807) is 26.2 Å². The van der Waals surface area contributed by atoms with Crippen molar-refractivity contribution in [1.82, 2.24) is 0 Å². The normalized spacial score (nSPS) is 12.3. The lowest BCUT2D eigenvalue weighted by Gasteiger charge is -2.16. The molecule has 0 amide bonds. The predicted octanol–water partition coefficient (Wildman–Crippen LogP) is 3.50. The first kappa shape index (κ1) is 13.6. The van der Waals surface area contributed by atoms with Crippen LogP contribution < -0.4 is 10.5 Å². The van der Waals surface area contributed by atoms with Gasteiger partial charge in [-0.3, -0.25) is 0 Å². The van der Waals surface area contributed by atoms with Crippen LogP contribution in [0.4, 0.5) is 4.39 Å². The smallest absolute Gasteiger partial charge is 0.126 e. The summed E-state index contributed by atoms with van der Waals surface area (Å²) in [5.41, 5.74) is 9.87. The Balaban J connectivity index is 2.38. The molecule has 3 heteroatoms. The van der Waals surface area contributed by atoms with E-state index >= 15 is 0 Å². The van der Waals surface area contributed by atoms with Gasteiger partial charge in [-0.1, -0.05) is 18.2 Å². The van der Waals surface area contributed by atoms with Crippen LogP contribution in [0.15, 0.2) is 36.4 Å². The van der Waals surface area contributed by atoms with E-state index in [1.807, 2.05) is 25.1 Å². The largest absolute Gasteiger partial charge is 0.497 e. The predicted molar refractivity (Wildman–Crippen MR) is 74.9 cm³/mol. The fraction of sp³-hybridized carbons (Fsp3) is 0.250. The molecule has 2 aromatic carbocycles. The van der Waals surface area contributed by atoms with Gasteiger partial charge < -0.3 is 10.5 Å². The lowest BCUT2D eigenvalue weighted by atomic mass is 9.94. The number of ether oxygens (including phenoxy) is 1. The van der Waals surface area contributed by atoms with Crippen LogP contribution in [-0.4, -0.2) is 7.11 Å². The molecule has 0 spiro atoms. The lowest BCUT2D eigenvalue weighted by Crippen LogP contribution is -2.13. The average molecular weight is 259 g/mol. The third kappa shape index (κ3) is 2.76. The number of aryl methyl sites for hydroxylation is 2. The van der Waals surface area contributed by atoms with Crippen LogP contribution in [-0.2, 0) is 0 Å². The molecule has 100 valence electrons. The molecule has 2 rings (SSSR count). The van der Waals surface area contributed by atoms with Gasteiger partial charge in [0.1, 0.15) is 11.6 Å². The van der Waals surface area contributed by atoms with Crippen LogP contribution in [0.25, 0.3) is 0 Å². The first-order valence-corrected chi connectivity index (χ1v) is 6.19. The quantitative estimate of drug-likeness (QED) is 0.915. The molecule has 2 nitrogen and oxygen atoms in total. The molecule has 1 unspecified atom stereocenters. The lowest BCUT2D eigenvalue weighted by molar-refractivity contribution is 0.414. The second kappa shape index (κ2) is 5.41. The average Bonchev–Trinajstić information content (AvgIpc) is 2.41. The molecular formula is C16H18FNO. The van der Waals surface area contributed by atoms with E-state index in [9.17, 15) is 4.39 Å². The first-order chi connectivity index (χ1) is 9.02. The zero-order valence-corrected chi connectivity index (χ0v) is 11.4. The third-order valence-corrected chi connectivity index (χ3v) is 3.35. The summed E-state index contributed by atoms with van der Waals surface area (Å²) in [7, 11) is 1.64. The minimum Gasteiger partial charge on any atom is -0.497 e. The van der Waals surface area contributed by atoms with Gasteiger partial charge in [0, 0.05) is 0 Å². The van der Waals surface area contributed by atoms with Crippen molar-refractivity contribution in [2.45, 2.75) is 19.9 Å². The molecule has 0 saturated heterocycles. The summed E-state index contributed by atoms with van der Waals surface area (Å²) < 4.78 is 18.5. The molecular weight excluding hydrogens is 241 g/mol. The summed E-state index contributed by atoms with van der Waals surface area (Å²) in [6.07, 6.45) is 0. The Morgan fingerprint density at radius 1 is 1.05 bits per heavy atom. The van der Waals surface area contributed by atoms with Gasteiger partial charge in [-0.05, 0) is 54.3 Å². The highest BCUT2D eigenvalue weighted by atomic mass is 19.1. The highest BCUT2D eigenvalue weighted by Gasteiger charge is 2.13. The van der Waals surface area contributed by atoms with E-state index in [0.29, 0.717) is 5.56 Å². The monoisotopic (exact) mass is 259 g/mol. The summed E-state index contributed by atoms with van der Waals surface area (Å²) in [5, 5.41) is 0. The van der Waals surface area contributed by atoms with Crippen molar-refractivity contribution in [3.8, 4) is 5.75 Å². The number of benzene rings is 2. The Morgan fingerprint density at radius 2 is 1.79 bits per heavy atom. The minimum absolute atomic E-state index is 0.206. The molecule has 0 aliphatic carbocycles. The SMILES string of the molecule is COc1ccc(C(N)c2ccc(F)c(C)c2)c(C)c1. The maximum absolute atomic E-state index is 13.3. The minimum atomic E-state index is -0.259. The number of nitrogens with two attached hydrogens (primary N) is 1. The molecule has 1 atom stereocenters. The summed E-state index contributed by atoms with van der Waals surface area (Å²) >= 11 is 0. The van der Waals surface area contributed by atoms with Crippen molar-refractivity contribution in [3.63, 3.8) is 0 Å².